The minimum atomic E-state index is -5.56. The highest BCUT2D eigenvalue weighted by Gasteiger charge is 2.39. The van der Waals surface area contributed by atoms with Gasteiger partial charge in [0, 0.05) is 0 Å². The van der Waals surface area contributed by atoms with E-state index in [1.54, 1.807) is 0 Å². The number of halogens is 7. The van der Waals surface area contributed by atoms with Gasteiger partial charge in [0.05, 0.1) is 6.08 Å². The van der Waals surface area contributed by atoms with E-state index < -0.39 is 24.3 Å². The van der Waals surface area contributed by atoms with Gasteiger partial charge in [-0.2, -0.15) is 26.3 Å². The molecule has 0 unspecified atom stereocenters. The summed E-state index contributed by atoms with van der Waals surface area (Å²) in [6.45, 7) is 0. The molecule has 0 heterocycles. The van der Waals surface area contributed by atoms with E-state index in [0.29, 0.717) is 0 Å². The third-order valence-electron chi connectivity index (χ3n) is 0.561. The molecule has 0 bridgehead atoms. The third kappa shape index (κ3) is 4.63. The molecule has 0 aliphatic heterocycles. The minimum absolute atomic E-state index is 1.44. The standard InChI is InChI=1S/C4HF7/c5-2(4(9,10)11)1-3(6,7)8/h1H/b2-1+. The van der Waals surface area contributed by atoms with E-state index >= 15 is 0 Å². The topological polar surface area (TPSA) is 0 Å². The Bertz CT molecular complexity index is 158. The van der Waals surface area contributed by atoms with E-state index in [-0.39, 0.29) is 0 Å². The molecule has 0 N–H and O–H groups in total. The summed E-state index contributed by atoms with van der Waals surface area (Å²) in [7, 11) is 0. The molecule has 0 aliphatic rings. The molecule has 0 nitrogen and oxygen atoms in total. The molecule has 11 heavy (non-hydrogen) atoms. The van der Waals surface area contributed by atoms with E-state index in [9.17, 15) is 30.7 Å². The number of allylic oxidation sites excluding steroid dienone is 2. The second-order valence-corrected chi connectivity index (χ2v) is 1.53. The highest BCUT2D eigenvalue weighted by molar-refractivity contribution is 5.02. The Morgan fingerprint density at radius 3 is 1.36 bits per heavy atom. The van der Waals surface area contributed by atoms with Gasteiger partial charge in [-0.15, -0.1) is 0 Å². The minimum Gasteiger partial charge on any atom is -0.202 e. The van der Waals surface area contributed by atoms with Crippen LogP contribution in [-0.2, 0) is 0 Å². The molecule has 0 aromatic carbocycles. The molecular weight excluding hydrogens is 181 g/mol. The van der Waals surface area contributed by atoms with Gasteiger partial charge in [-0.05, 0) is 0 Å². The lowest BCUT2D eigenvalue weighted by molar-refractivity contribution is -0.121. The molecule has 0 aliphatic carbocycles. The fourth-order valence-electron chi connectivity index (χ4n) is 0.226. The van der Waals surface area contributed by atoms with Crippen molar-refractivity contribution in [3.8, 4) is 0 Å². The van der Waals surface area contributed by atoms with Crippen molar-refractivity contribution in [2.75, 3.05) is 0 Å². The molecule has 0 radical (unpaired) electrons. The lowest BCUT2D eigenvalue weighted by Gasteiger charge is -2.03. The van der Waals surface area contributed by atoms with Crippen LogP contribution >= 0.6 is 0 Å². The number of alkyl halides is 6. The van der Waals surface area contributed by atoms with Crippen molar-refractivity contribution in [3.05, 3.63) is 11.9 Å². The van der Waals surface area contributed by atoms with Crippen molar-refractivity contribution in [1.82, 2.24) is 0 Å². The second-order valence-electron chi connectivity index (χ2n) is 1.53. The fraction of sp³-hybridized carbons (Fsp3) is 0.500. The first-order valence-corrected chi connectivity index (χ1v) is 2.15. The summed E-state index contributed by atoms with van der Waals surface area (Å²) >= 11 is 0. The van der Waals surface area contributed by atoms with Gasteiger partial charge in [0.25, 0.3) is 0 Å². The largest absolute Gasteiger partial charge is 0.442 e. The molecule has 66 valence electrons. The normalized spacial score (nSPS) is 15.4. The first-order chi connectivity index (χ1) is 4.63. The predicted octanol–water partition coefficient (Wildman–Crippen LogP) is 2.96. The van der Waals surface area contributed by atoms with Gasteiger partial charge in [-0.1, -0.05) is 0 Å². The summed E-state index contributed by atoms with van der Waals surface area (Å²) in [6, 6.07) is 0. The number of hydrogen-bond acceptors (Lipinski definition) is 0. The molecule has 7 heteroatoms. The number of hydrogen-bond donors (Lipinski definition) is 0. The summed E-state index contributed by atoms with van der Waals surface area (Å²) in [5, 5.41) is 0. The molecule has 0 saturated carbocycles. The molecule has 0 rings (SSSR count). The maximum absolute atomic E-state index is 11.4. The van der Waals surface area contributed by atoms with E-state index in [0.717, 1.165) is 0 Å². The first kappa shape index (κ1) is 10.2. The van der Waals surface area contributed by atoms with Crippen LogP contribution in [0.3, 0.4) is 0 Å². The third-order valence-corrected chi connectivity index (χ3v) is 0.561. The monoisotopic (exact) mass is 182 g/mol. The molecule has 0 aromatic heterocycles. The maximum atomic E-state index is 11.4. The molecule has 0 saturated heterocycles. The number of rotatable bonds is 0. The van der Waals surface area contributed by atoms with Crippen LogP contribution in [0.4, 0.5) is 30.7 Å². The molecule has 0 aromatic rings. The highest BCUT2D eigenvalue weighted by Crippen LogP contribution is 2.30. The van der Waals surface area contributed by atoms with Crippen LogP contribution in [-0.4, -0.2) is 12.4 Å². The van der Waals surface area contributed by atoms with Crippen LogP contribution in [0.1, 0.15) is 0 Å². The predicted molar refractivity (Wildman–Crippen MR) is 21.3 cm³/mol. The van der Waals surface area contributed by atoms with Gasteiger partial charge in [0.15, 0.2) is 0 Å². The molecular formula is C4HF7. The van der Waals surface area contributed by atoms with Gasteiger partial charge in [0.2, 0.25) is 5.83 Å². The molecule has 0 spiro atoms. The average Bonchev–Trinajstić information content (AvgIpc) is 1.56. The van der Waals surface area contributed by atoms with Crippen molar-refractivity contribution in [3.63, 3.8) is 0 Å². The van der Waals surface area contributed by atoms with Crippen LogP contribution < -0.4 is 0 Å². The Morgan fingerprint density at radius 1 is 0.909 bits per heavy atom. The highest BCUT2D eigenvalue weighted by atomic mass is 19.4. The van der Waals surface area contributed by atoms with Crippen LogP contribution in [0.25, 0.3) is 0 Å². The second kappa shape index (κ2) is 2.71. The van der Waals surface area contributed by atoms with Crippen LogP contribution in [0.2, 0.25) is 0 Å². The Labute approximate surface area is 56.3 Å². The van der Waals surface area contributed by atoms with Crippen molar-refractivity contribution in [1.29, 1.82) is 0 Å². The van der Waals surface area contributed by atoms with Crippen LogP contribution in [0, 0.1) is 0 Å². The summed E-state index contributed by atoms with van der Waals surface area (Å²) in [6.07, 6.45) is -12.3. The average molecular weight is 182 g/mol. The zero-order chi connectivity index (χ0) is 9.28. The van der Waals surface area contributed by atoms with Gasteiger partial charge in [-0.3, -0.25) is 0 Å². The Morgan fingerprint density at radius 2 is 1.27 bits per heavy atom. The van der Waals surface area contributed by atoms with Gasteiger partial charge >= 0.3 is 12.4 Å². The summed E-state index contributed by atoms with van der Waals surface area (Å²) < 4.78 is 77.6. The molecule has 0 fully saturated rings. The summed E-state index contributed by atoms with van der Waals surface area (Å²) in [5.41, 5.74) is 0. The Kier molecular flexibility index (Phi) is 2.52. The van der Waals surface area contributed by atoms with Gasteiger partial charge in [-0.25, -0.2) is 4.39 Å². The van der Waals surface area contributed by atoms with E-state index in [2.05, 4.69) is 0 Å². The van der Waals surface area contributed by atoms with Crippen LogP contribution in [0.5, 0.6) is 0 Å². The lowest BCUT2D eigenvalue weighted by atomic mass is 10.4. The summed E-state index contributed by atoms with van der Waals surface area (Å²) in [5.74, 6) is -3.15. The Balaban J connectivity index is 4.49. The molecule has 0 atom stereocenters. The summed E-state index contributed by atoms with van der Waals surface area (Å²) in [4.78, 5) is 0. The van der Waals surface area contributed by atoms with E-state index in [4.69, 9.17) is 0 Å². The SMILES string of the molecule is F/C(=C/C(F)(F)F)C(F)(F)F. The van der Waals surface area contributed by atoms with Gasteiger partial charge in [0.1, 0.15) is 0 Å². The lowest BCUT2D eigenvalue weighted by Crippen LogP contribution is -2.12. The zero-order valence-electron chi connectivity index (χ0n) is 4.72. The zero-order valence-corrected chi connectivity index (χ0v) is 4.72. The van der Waals surface area contributed by atoms with Crippen molar-refractivity contribution in [2.24, 2.45) is 0 Å². The smallest absolute Gasteiger partial charge is 0.202 e. The maximum Gasteiger partial charge on any atom is 0.442 e. The van der Waals surface area contributed by atoms with Crippen molar-refractivity contribution < 1.29 is 30.7 Å². The van der Waals surface area contributed by atoms with Crippen molar-refractivity contribution in [2.45, 2.75) is 12.4 Å². The molecule has 0 amide bonds. The van der Waals surface area contributed by atoms with E-state index in [1.807, 2.05) is 0 Å². The van der Waals surface area contributed by atoms with Crippen molar-refractivity contribution >= 4 is 0 Å². The van der Waals surface area contributed by atoms with Crippen LogP contribution in [0.15, 0.2) is 11.9 Å². The van der Waals surface area contributed by atoms with E-state index in [1.165, 1.54) is 0 Å². The quantitative estimate of drug-likeness (QED) is 0.505. The van der Waals surface area contributed by atoms with Gasteiger partial charge < -0.3 is 0 Å². The Hall–Kier alpha value is -0.750. The fourth-order valence-corrected chi connectivity index (χ4v) is 0.226. The first-order valence-electron chi connectivity index (χ1n) is 2.15.